The first-order valence-electron chi connectivity index (χ1n) is 9.71. The number of benzene rings is 1. The van der Waals surface area contributed by atoms with Crippen LogP contribution >= 0.6 is 0 Å². The van der Waals surface area contributed by atoms with E-state index in [9.17, 15) is 18.0 Å². The molecule has 2 aliphatic rings. The molecule has 1 aromatic heterocycles. The van der Waals surface area contributed by atoms with Crippen molar-refractivity contribution in [3.63, 3.8) is 0 Å². The number of alkyl halides is 2. The van der Waals surface area contributed by atoms with Gasteiger partial charge in [0.25, 0.3) is 5.91 Å². The molecule has 1 aromatic carbocycles. The highest BCUT2D eigenvalue weighted by Gasteiger charge is 2.42. The summed E-state index contributed by atoms with van der Waals surface area (Å²) in [5.41, 5.74) is 7.51. The molecule has 4 atom stereocenters. The van der Waals surface area contributed by atoms with Crippen LogP contribution in [-0.2, 0) is 0 Å². The van der Waals surface area contributed by atoms with Gasteiger partial charge in [0.05, 0.1) is 29.4 Å². The number of hydrogen-bond acceptors (Lipinski definition) is 5. The number of hydrogen-bond donors (Lipinski definition) is 3. The number of fused-ring (bicyclic) bond motifs is 1. The number of aryl methyl sites for hydroxylation is 1. The van der Waals surface area contributed by atoms with Crippen molar-refractivity contribution in [1.29, 1.82) is 5.26 Å². The summed E-state index contributed by atoms with van der Waals surface area (Å²) in [6.45, 7) is -1.11. The highest BCUT2D eigenvalue weighted by atomic mass is 19.3. The minimum absolute atomic E-state index is 0.0614. The average Bonchev–Trinajstić information content (AvgIpc) is 3.33. The van der Waals surface area contributed by atoms with Crippen LogP contribution in [0.15, 0.2) is 24.5 Å². The molecule has 1 saturated heterocycles. The predicted molar refractivity (Wildman–Crippen MR) is 101 cm³/mol. The lowest BCUT2D eigenvalue weighted by Crippen LogP contribution is -2.44. The van der Waals surface area contributed by atoms with Gasteiger partial charge in [0.1, 0.15) is 5.82 Å². The summed E-state index contributed by atoms with van der Waals surface area (Å²) in [5.74, 6) is -1.18. The summed E-state index contributed by atoms with van der Waals surface area (Å²) in [7, 11) is 0. The fourth-order valence-corrected chi connectivity index (χ4v) is 4.49. The molecule has 0 spiro atoms. The van der Waals surface area contributed by atoms with Gasteiger partial charge in [0.15, 0.2) is 0 Å². The number of amides is 1. The first-order chi connectivity index (χ1) is 14.4. The molecule has 30 heavy (non-hydrogen) atoms. The second-order valence-corrected chi connectivity index (χ2v) is 7.81. The maximum atomic E-state index is 14.4. The Morgan fingerprint density at radius 2 is 2.17 bits per heavy atom. The minimum Gasteiger partial charge on any atom is -0.349 e. The molecule has 1 saturated carbocycles. The molecular weight excluding hydrogens is 397 g/mol. The lowest BCUT2D eigenvalue weighted by Gasteiger charge is -2.33. The smallest absolute Gasteiger partial charge is 0.333 e. The SMILES string of the molecule is Cc1cc(C#N)cc(F)c1C(=O)NC1CCC2NNC(c3cnn(C(F)F)c3)C2C1. The number of hydrazine groups is 1. The van der Waals surface area contributed by atoms with Crippen LogP contribution in [0.1, 0.15) is 58.9 Å². The first kappa shape index (κ1) is 20.4. The number of nitrogens with zero attached hydrogens (tertiary/aromatic N) is 3. The predicted octanol–water partition coefficient (Wildman–Crippen LogP) is 2.71. The summed E-state index contributed by atoms with van der Waals surface area (Å²) in [5, 5.41) is 15.5. The highest BCUT2D eigenvalue weighted by Crippen LogP contribution is 2.38. The van der Waals surface area contributed by atoms with Gasteiger partial charge in [0, 0.05) is 23.8 Å². The fraction of sp³-hybridized carbons (Fsp3) is 0.450. The van der Waals surface area contributed by atoms with E-state index >= 15 is 0 Å². The van der Waals surface area contributed by atoms with E-state index in [-0.39, 0.29) is 35.2 Å². The number of aromatic nitrogens is 2. The molecule has 0 radical (unpaired) electrons. The van der Waals surface area contributed by atoms with E-state index in [0.717, 1.165) is 12.5 Å². The van der Waals surface area contributed by atoms with Gasteiger partial charge in [-0.1, -0.05) is 0 Å². The van der Waals surface area contributed by atoms with Crippen molar-refractivity contribution in [3.8, 4) is 6.07 Å². The van der Waals surface area contributed by atoms with Crippen LogP contribution in [0.3, 0.4) is 0 Å². The molecule has 1 aliphatic heterocycles. The molecule has 2 aromatic rings. The molecule has 4 rings (SSSR count). The van der Waals surface area contributed by atoms with E-state index in [2.05, 4.69) is 21.3 Å². The largest absolute Gasteiger partial charge is 0.349 e. The van der Waals surface area contributed by atoms with E-state index in [0.29, 0.717) is 28.7 Å². The molecule has 1 aliphatic carbocycles. The minimum atomic E-state index is -2.70. The lowest BCUT2D eigenvalue weighted by molar-refractivity contribution is 0.0564. The fourth-order valence-electron chi connectivity index (χ4n) is 4.49. The zero-order valence-electron chi connectivity index (χ0n) is 16.2. The number of nitrogens with one attached hydrogen (secondary N) is 3. The van der Waals surface area contributed by atoms with Crippen molar-refractivity contribution in [3.05, 3.63) is 52.6 Å². The average molecular weight is 418 g/mol. The second kappa shape index (κ2) is 8.08. The topological polar surface area (TPSA) is 94.8 Å². The van der Waals surface area contributed by atoms with Gasteiger partial charge in [-0.3, -0.25) is 10.2 Å². The lowest BCUT2D eigenvalue weighted by atomic mass is 9.77. The molecule has 2 fully saturated rings. The molecule has 158 valence electrons. The third kappa shape index (κ3) is 3.78. The number of rotatable bonds is 4. The van der Waals surface area contributed by atoms with Crippen molar-refractivity contribution in [1.82, 2.24) is 25.9 Å². The van der Waals surface area contributed by atoms with Gasteiger partial charge in [-0.25, -0.2) is 14.5 Å². The van der Waals surface area contributed by atoms with Gasteiger partial charge in [-0.05, 0) is 49.8 Å². The summed E-state index contributed by atoms with van der Waals surface area (Å²) in [4.78, 5) is 12.7. The number of halogens is 3. The summed E-state index contributed by atoms with van der Waals surface area (Å²) in [6, 6.07) is 4.16. The quantitative estimate of drug-likeness (QED) is 0.710. The zero-order valence-corrected chi connectivity index (χ0v) is 16.2. The third-order valence-corrected chi connectivity index (χ3v) is 5.91. The van der Waals surface area contributed by atoms with Gasteiger partial charge in [-0.15, -0.1) is 0 Å². The first-order valence-corrected chi connectivity index (χ1v) is 9.71. The van der Waals surface area contributed by atoms with Crippen LogP contribution in [0.5, 0.6) is 0 Å². The Morgan fingerprint density at radius 3 is 2.83 bits per heavy atom. The molecule has 10 heteroatoms. The van der Waals surface area contributed by atoms with Crippen LogP contribution in [0.4, 0.5) is 13.2 Å². The molecule has 3 N–H and O–H groups in total. The second-order valence-electron chi connectivity index (χ2n) is 7.81. The Hall–Kier alpha value is -2.90. The van der Waals surface area contributed by atoms with E-state index in [4.69, 9.17) is 5.26 Å². The van der Waals surface area contributed by atoms with Gasteiger partial charge in [-0.2, -0.15) is 19.1 Å². The van der Waals surface area contributed by atoms with Crippen LogP contribution in [0.25, 0.3) is 0 Å². The molecule has 2 heterocycles. The Labute approximate surface area is 171 Å². The Balaban J connectivity index is 1.47. The number of carbonyl (C=O) groups is 1. The van der Waals surface area contributed by atoms with Crippen LogP contribution in [0.2, 0.25) is 0 Å². The van der Waals surface area contributed by atoms with E-state index in [1.54, 1.807) is 6.92 Å². The maximum absolute atomic E-state index is 14.4. The van der Waals surface area contributed by atoms with E-state index in [1.165, 1.54) is 18.5 Å². The summed E-state index contributed by atoms with van der Waals surface area (Å²) < 4.78 is 40.7. The highest BCUT2D eigenvalue weighted by molar-refractivity contribution is 5.96. The standard InChI is InChI=1S/C20H21F3N6O/c1-10-4-11(7-24)5-15(21)17(10)19(30)26-13-2-3-16-14(6-13)18(28-27-16)12-8-25-29(9-12)20(22)23/h4-5,8-9,13-14,16,18,20,27-28H,2-3,6H2,1H3,(H,26,30). The van der Waals surface area contributed by atoms with Crippen molar-refractivity contribution in [2.45, 2.75) is 50.9 Å². The molecule has 0 bridgehead atoms. The maximum Gasteiger partial charge on any atom is 0.333 e. The number of nitriles is 1. The van der Waals surface area contributed by atoms with Crippen molar-refractivity contribution < 1.29 is 18.0 Å². The summed E-state index contributed by atoms with van der Waals surface area (Å²) in [6.07, 6.45) is 4.84. The molecular formula is C20H21F3N6O. The number of carbonyl (C=O) groups excluding carboxylic acids is 1. The molecule has 4 unspecified atom stereocenters. The van der Waals surface area contributed by atoms with E-state index in [1.807, 2.05) is 6.07 Å². The zero-order chi connectivity index (χ0) is 21.4. The van der Waals surface area contributed by atoms with Gasteiger partial charge >= 0.3 is 6.55 Å². The monoisotopic (exact) mass is 418 g/mol. The third-order valence-electron chi connectivity index (χ3n) is 5.91. The van der Waals surface area contributed by atoms with Gasteiger partial charge < -0.3 is 5.32 Å². The van der Waals surface area contributed by atoms with E-state index < -0.39 is 18.3 Å². The Bertz CT molecular complexity index is 978. The van der Waals surface area contributed by atoms with Crippen LogP contribution in [0, 0.1) is 30.0 Å². The Kier molecular flexibility index (Phi) is 5.49. The summed E-state index contributed by atoms with van der Waals surface area (Å²) >= 11 is 0. The van der Waals surface area contributed by atoms with Crippen molar-refractivity contribution in [2.75, 3.05) is 0 Å². The van der Waals surface area contributed by atoms with Gasteiger partial charge in [0.2, 0.25) is 0 Å². The molecule has 1 amide bonds. The van der Waals surface area contributed by atoms with Crippen LogP contribution in [-0.4, -0.2) is 27.8 Å². The normalized spacial score (nSPS) is 25.7. The van der Waals surface area contributed by atoms with Crippen molar-refractivity contribution in [2.24, 2.45) is 5.92 Å². The molecule has 7 nitrogen and oxygen atoms in total. The van der Waals surface area contributed by atoms with Crippen LogP contribution < -0.4 is 16.2 Å². The van der Waals surface area contributed by atoms with Crippen molar-refractivity contribution >= 4 is 5.91 Å². The Morgan fingerprint density at radius 1 is 1.37 bits per heavy atom.